The fourth-order valence-electron chi connectivity index (χ4n) is 1.31. The van der Waals surface area contributed by atoms with E-state index in [1.54, 1.807) is 6.92 Å². The van der Waals surface area contributed by atoms with E-state index < -0.39 is 17.3 Å². The van der Waals surface area contributed by atoms with Gasteiger partial charge < -0.3 is 10.4 Å². The maximum atomic E-state index is 12.3. The van der Waals surface area contributed by atoms with Crippen molar-refractivity contribution in [3.05, 3.63) is 23.9 Å². The fraction of sp³-hybridized carbons (Fsp3) is 0.545. The molecule has 0 fully saturated rings. The minimum atomic E-state index is -4.38. The summed E-state index contributed by atoms with van der Waals surface area (Å²) in [6.45, 7) is 1.88. The van der Waals surface area contributed by atoms with E-state index in [9.17, 15) is 18.3 Å². The zero-order valence-corrected chi connectivity index (χ0v) is 10.9. The molecule has 0 amide bonds. The van der Waals surface area contributed by atoms with Gasteiger partial charge in [-0.05, 0) is 25.3 Å². The highest BCUT2D eigenvalue weighted by Crippen LogP contribution is 2.28. The molecular weight excluding hydrogens is 265 g/mol. The molecule has 0 spiro atoms. The quantitative estimate of drug-likeness (QED) is 0.870. The molecule has 3 nitrogen and oxygen atoms in total. The Hall–Kier alpha value is -0.950. The highest BCUT2D eigenvalue weighted by Gasteiger charge is 2.30. The van der Waals surface area contributed by atoms with Crippen molar-refractivity contribution in [1.29, 1.82) is 0 Å². The molecule has 0 saturated carbocycles. The van der Waals surface area contributed by atoms with Gasteiger partial charge in [-0.3, -0.25) is 0 Å². The van der Waals surface area contributed by atoms with Crippen molar-refractivity contribution < 1.29 is 18.3 Å². The van der Waals surface area contributed by atoms with E-state index in [0.29, 0.717) is 11.6 Å². The lowest BCUT2D eigenvalue weighted by Gasteiger charge is -2.22. The van der Waals surface area contributed by atoms with Crippen molar-refractivity contribution in [3.63, 3.8) is 0 Å². The third-order valence-corrected chi connectivity index (χ3v) is 3.11. The third-order valence-electron chi connectivity index (χ3n) is 2.20. The van der Waals surface area contributed by atoms with Crippen molar-refractivity contribution in [3.8, 4) is 0 Å². The first-order valence-corrected chi connectivity index (χ1v) is 6.62. The van der Waals surface area contributed by atoms with Crippen LogP contribution in [0.1, 0.15) is 12.5 Å². The average molecular weight is 280 g/mol. The highest BCUT2D eigenvalue weighted by molar-refractivity contribution is 7.98. The maximum Gasteiger partial charge on any atom is 0.417 e. The van der Waals surface area contributed by atoms with E-state index in [1.807, 2.05) is 6.26 Å². The van der Waals surface area contributed by atoms with Gasteiger partial charge in [-0.25, -0.2) is 4.98 Å². The number of anilines is 1. The van der Waals surface area contributed by atoms with Crippen LogP contribution >= 0.6 is 11.8 Å². The van der Waals surface area contributed by atoms with Crippen LogP contribution in [0, 0.1) is 0 Å². The number of nitrogens with one attached hydrogen (secondary N) is 1. The molecule has 1 rings (SSSR count). The molecule has 0 bridgehead atoms. The summed E-state index contributed by atoms with van der Waals surface area (Å²) in [4.78, 5) is 3.66. The van der Waals surface area contributed by atoms with Crippen LogP contribution in [0.15, 0.2) is 18.3 Å². The second-order valence-corrected chi connectivity index (χ2v) is 5.08. The smallest absolute Gasteiger partial charge is 0.387 e. The van der Waals surface area contributed by atoms with E-state index in [2.05, 4.69) is 10.3 Å². The van der Waals surface area contributed by atoms with Crippen LogP contribution in [0.3, 0.4) is 0 Å². The lowest BCUT2D eigenvalue weighted by Crippen LogP contribution is -2.36. The first kappa shape index (κ1) is 15.1. The molecule has 1 aromatic rings. The van der Waals surface area contributed by atoms with Crippen molar-refractivity contribution in [2.75, 3.05) is 23.9 Å². The van der Waals surface area contributed by atoms with E-state index in [0.717, 1.165) is 12.3 Å². The van der Waals surface area contributed by atoms with Crippen molar-refractivity contribution in [1.82, 2.24) is 4.98 Å². The number of hydrogen-bond donors (Lipinski definition) is 2. The SMILES string of the molecule is CSC[C@](C)(O)CNc1ccc(C(F)(F)F)cn1. The first-order chi connectivity index (χ1) is 8.24. The average Bonchev–Trinajstić information content (AvgIpc) is 2.26. The number of rotatable bonds is 5. The molecular formula is C11H15F3N2OS. The molecule has 0 aliphatic rings. The Bertz CT molecular complexity index is 379. The summed E-state index contributed by atoms with van der Waals surface area (Å²) < 4.78 is 36.9. The van der Waals surface area contributed by atoms with Crippen molar-refractivity contribution in [2.24, 2.45) is 0 Å². The molecule has 18 heavy (non-hydrogen) atoms. The predicted octanol–water partition coefficient (Wildman–Crippen LogP) is 2.63. The molecule has 2 N–H and O–H groups in total. The summed E-state index contributed by atoms with van der Waals surface area (Å²) in [6, 6.07) is 2.20. The van der Waals surface area contributed by atoms with Crippen LogP contribution in [-0.4, -0.2) is 34.2 Å². The molecule has 0 unspecified atom stereocenters. The van der Waals surface area contributed by atoms with Crippen LogP contribution in [0.25, 0.3) is 0 Å². The molecule has 0 aromatic carbocycles. The molecule has 0 saturated heterocycles. The number of alkyl halides is 3. The van der Waals surface area contributed by atoms with Crippen molar-refractivity contribution >= 4 is 17.6 Å². The van der Waals surface area contributed by atoms with Gasteiger partial charge in [0.05, 0.1) is 11.2 Å². The van der Waals surface area contributed by atoms with Crippen LogP contribution in [0.5, 0.6) is 0 Å². The zero-order valence-electron chi connectivity index (χ0n) is 10.1. The summed E-state index contributed by atoms with van der Waals surface area (Å²) in [5.41, 5.74) is -1.71. The van der Waals surface area contributed by atoms with Crippen LogP contribution < -0.4 is 5.32 Å². The van der Waals surface area contributed by atoms with E-state index in [1.165, 1.54) is 17.8 Å². The number of aliphatic hydroxyl groups is 1. The monoisotopic (exact) mass is 280 g/mol. The second-order valence-electron chi connectivity index (χ2n) is 4.21. The van der Waals surface area contributed by atoms with Gasteiger partial charge in [-0.1, -0.05) is 0 Å². The predicted molar refractivity (Wildman–Crippen MR) is 66.7 cm³/mol. The van der Waals surface area contributed by atoms with Crippen LogP contribution in [-0.2, 0) is 6.18 Å². The summed E-state index contributed by atoms with van der Waals surface area (Å²) in [5.74, 6) is 0.838. The Morgan fingerprint density at radius 2 is 2.06 bits per heavy atom. The number of thioether (sulfide) groups is 1. The van der Waals surface area contributed by atoms with Gasteiger partial charge >= 0.3 is 6.18 Å². The molecule has 1 heterocycles. The Morgan fingerprint density at radius 3 is 2.50 bits per heavy atom. The van der Waals surface area contributed by atoms with Gasteiger partial charge in [0.1, 0.15) is 5.82 Å². The van der Waals surface area contributed by atoms with Gasteiger partial charge in [0.15, 0.2) is 0 Å². The number of nitrogens with zero attached hydrogens (tertiary/aromatic N) is 1. The molecule has 7 heteroatoms. The summed E-state index contributed by atoms with van der Waals surface area (Å²) in [7, 11) is 0. The number of pyridine rings is 1. The molecule has 102 valence electrons. The molecule has 0 radical (unpaired) electrons. The summed E-state index contributed by atoms with van der Waals surface area (Å²) in [5, 5.41) is 12.7. The molecule has 0 aliphatic carbocycles. The highest BCUT2D eigenvalue weighted by atomic mass is 32.2. The minimum Gasteiger partial charge on any atom is -0.387 e. The number of aromatic nitrogens is 1. The van der Waals surface area contributed by atoms with Gasteiger partial charge in [0, 0.05) is 18.5 Å². The number of hydrogen-bond acceptors (Lipinski definition) is 4. The van der Waals surface area contributed by atoms with E-state index >= 15 is 0 Å². The lowest BCUT2D eigenvalue weighted by molar-refractivity contribution is -0.137. The minimum absolute atomic E-state index is 0.228. The van der Waals surface area contributed by atoms with Crippen LogP contribution in [0.4, 0.5) is 19.0 Å². The number of halogens is 3. The van der Waals surface area contributed by atoms with Gasteiger partial charge in [-0.2, -0.15) is 24.9 Å². The second kappa shape index (κ2) is 5.79. The molecule has 1 atom stereocenters. The summed E-state index contributed by atoms with van der Waals surface area (Å²) in [6.07, 6.45) is -1.74. The first-order valence-electron chi connectivity index (χ1n) is 5.23. The van der Waals surface area contributed by atoms with E-state index in [-0.39, 0.29) is 6.54 Å². The van der Waals surface area contributed by atoms with Gasteiger partial charge in [-0.15, -0.1) is 0 Å². The lowest BCUT2D eigenvalue weighted by atomic mass is 10.1. The third kappa shape index (κ3) is 4.73. The van der Waals surface area contributed by atoms with Gasteiger partial charge in [0.2, 0.25) is 0 Å². The Kier molecular flexibility index (Phi) is 4.86. The normalized spacial score (nSPS) is 15.2. The molecule has 1 aromatic heterocycles. The Labute approximate surface area is 108 Å². The van der Waals surface area contributed by atoms with E-state index in [4.69, 9.17) is 0 Å². The summed E-state index contributed by atoms with van der Waals surface area (Å²) >= 11 is 1.49. The zero-order chi connectivity index (χ0) is 13.8. The largest absolute Gasteiger partial charge is 0.417 e. The topological polar surface area (TPSA) is 45.1 Å². The molecule has 0 aliphatic heterocycles. The Balaban J connectivity index is 2.60. The standard InChI is InChI=1S/C11H15F3N2OS/c1-10(17,7-18-2)6-16-9-4-3-8(5-15-9)11(12,13)14/h3-5,17H,6-7H2,1-2H3,(H,15,16)/t10-/m1/s1. The maximum absolute atomic E-state index is 12.3. The fourth-order valence-corrected chi connectivity index (χ4v) is 2.03. The van der Waals surface area contributed by atoms with Gasteiger partial charge in [0.25, 0.3) is 0 Å². The van der Waals surface area contributed by atoms with Crippen LogP contribution in [0.2, 0.25) is 0 Å². The Morgan fingerprint density at radius 1 is 1.39 bits per heavy atom. The van der Waals surface area contributed by atoms with Crippen molar-refractivity contribution in [2.45, 2.75) is 18.7 Å².